The molecule has 0 fully saturated rings. The Labute approximate surface area is 100.0 Å². The van der Waals surface area contributed by atoms with Crippen LogP contribution in [0.3, 0.4) is 0 Å². The summed E-state index contributed by atoms with van der Waals surface area (Å²) < 4.78 is 28.9. The predicted molar refractivity (Wildman–Crippen MR) is 62.3 cm³/mol. The monoisotopic (exact) mass is 258 g/mol. The minimum atomic E-state index is -3.48. The number of rotatable bonds is 4. The Balaban J connectivity index is 3.42. The maximum atomic E-state index is 12.0. The highest BCUT2D eigenvalue weighted by Gasteiger charge is 2.24. The molecule has 0 heterocycles. The molecule has 0 spiro atoms. The first-order valence-electron chi connectivity index (χ1n) is 4.96. The third-order valence-electron chi connectivity index (χ3n) is 2.34. The molecule has 0 aliphatic heterocycles. The standard InChI is InChI=1S/C11H14O5S/c1-7(2)17(14,15)10-5-4-8(11(12)13)6-9(10)16-3/h4-7H,1-3H3,(H,12,13). The van der Waals surface area contributed by atoms with Crippen LogP contribution in [0.1, 0.15) is 24.2 Å². The average molecular weight is 258 g/mol. The molecular weight excluding hydrogens is 244 g/mol. The van der Waals surface area contributed by atoms with E-state index in [1.165, 1.54) is 25.3 Å². The van der Waals surface area contributed by atoms with Crippen molar-refractivity contribution in [2.45, 2.75) is 24.0 Å². The van der Waals surface area contributed by atoms with Crippen LogP contribution >= 0.6 is 0 Å². The van der Waals surface area contributed by atoms with Crippen LogP contribution in [0.4, 0.5) is 0 Å². The average Bonchev–Trinajstić information content (AvgIpc) is 2.27. The van der Waals surface area contributed by atoms with E-state index in [9.17, 15) is 13.2 Å². The second-order valence-electron chi connectivity index (χ2n) is 3.76. The van der Waals surface area contributed by atoms with Gasteiger partial charge in [-0.3, -0.25) is 0 Å². The molecule has 0 unspecified atom stereocenters. The van der Waals surface area contributed by atoms with E-state index in [1.54, 1.807) is 13.8 Å². The van der Waals surface area contributed by atoms with Crippen molar-refractivity contribution in [1.82, 2.24) is 0 Å². The van der Waals surface area contributed by atoms with Crippen molar-refractivity contribution in [3.63, 3.8) is 0 Å². The number of methoxy groups -OCH3 is 1. The molecule has 0 amide bonds. The van der Waals surface area contributed by atoms with Crippen LogP contribution in [0.15, 0.2) is 23.1 Å². The smallest absolute Gasteiger partial charge is 0.335 e. The summed E-state index contributed by atoms with van der Waals surface area (Å²) in [4.78, 5) is 10.8. The molecule has 0 aromatic heterocycles. The topological polar surface area (TPSA) is 80.7 Å². The van der Waals surface area contributed by atoms with Crippen molar-refractivity contribution < 1.29 is 23.1 Å². The molecule has 0 radical (unpaired) electrons. The van der Waals surface area contributed by atoms with Gasteiger partial charge in [-0.2, -0.15) is 0 Å². The van der Waals surface area contributed by atoms with Crippen molar-refractivity contribution in [1.29, 1.82) is 0 Å². The minimum absolute atomic E-state index is 0.00967. The molecule has 0 atom stereocenters. The van der Waals surface area contributed by atoms with Gasteiger partial charge in [0.15, 0.2) is 9.84 Å². The largest absolute Gasteiger partial charge is 0.495 e. The highest BCUT2D eigenvalue weighted by Crippen LogP contribution is 2.28. The summed E-state index contributed by atoms with van der Waals surface area (Å²) in [5, 5.41) is 8.21. The fraction of sp³-hybridized carbons (Fsp3) is 0.364. The van der Waals surface area contributed by atoms with Gasteiger partial charge in [-0.15, -0.1) is 0 Å². The Morgan fingerprint density at radius 2 is 1.94 bits per heavy atom. The van der Waals surface area contributed by atoms with Gasteiger partial charge in [-0.25, -0.2) is 13.2 Å². The molecule has 1 rings (SSSR count). The fourth-order valence-corrected chi connectivity index (χ4v) is 2.48. The first-order valence-corrected chi connectivity index (χ1v) is 6.50. The SMILES string of the molecule is COc1cc(C(=O)O)ccc1S(=O)(=O)C(C)C. The number of hydrogen-bond donors (Lipinski definition) is 1. The van der Waals surface area contributed by atoms with Gasteiger partial charge in [0.25, 0.3) is 0 Å². The van der Waals surface area contributed by atoms with Crippen molar-refractivity contribution in [2.24, 2.45) is 0 Å². The molecule has 0 saturated carbocycles. The third kappa shape index (κ3) is 2.58. The lowest BCUT2D eigenvalue weighted by atomic mass is 10.2. The van der Waals surface area contributed by atoms with Gasteiger partial charge in [-0.1, -0.05) is 0 Å². The van der Waals surface area contributed by atoms with E-state index < -0.39 is 21.1 Å². The summed E-state index contributed by atoms with van der Waals surface area (Å²) >= 11 is 0. The number of aromatic carboxylic acids is 1. The molecule has 17 heavy (non-hydrogen) atoms. The number of ether oxygens (including phenoxy) is 1. The van der Waals surface area contributed by atoms with Gasteiger partial charge in [0.05, 0.1) is 17.9 Å². The zero-order valence-electron chi connectivity index (χ0n) is 9.80. The lowest BCUT2D eigenvalue weighted by Crippen LogP contribution is -2.15. The Bertz CT molecular complexity index is 531. The molecule has 94 valence electrons. The summed E-state index contributed by atoms with van der Waals surface area (Å²) in [6.45, 7) is 3.11. The van der Waals surface area contributed by atoms with E-state index in [1.807, 2.05) is 0 Å². The van der Waals surface area contributed by atoms with Crippen LogP contribution in [0.2, 0.25) is 0 Å². The molecule has 1 aromatic carbocycles. The maximum Gasteiger partial charge on any atom is 0.335 e. The van der Waals surface area contributed by atoms with Gasteiger partial charge in [0.2, 0.25) is 0 Å². The Kier molecular flexibility index (Phi) is 3.77. The van der Waals surface area contributed by atoms with Crippen molar-refractivity contribution in [2.75, 3.05) is 7.11 Å². The maximum absolute atomic E-state index is 12.0. The van der Waals surface area contributed by atoms with E-state index in [2.05, 4.69) is 0 Å². The molecule has 0 bridgehead atoms. The Morgan fingerprint density at radius 1 is 1.35 bits per heavy atom. The van der Waals surface area contributed by atoms with Crippen LogP contribution < -0.4 is 4.74 Å². The Morgan fingerprint density at radius 3 is 2.35 bits per heavy atom. The third-order valence-corrected chi connectivity index (χ3v) is 4.53. The van der Waals surface area contributed by atoms with Crippen molar-refractivity contribution in [3.8, 4) is 5.75 Å². The summed E-state index contributed by atoms with van der Waals surface area (Å²) in [5.74, 6) is -1.07. The fourth-order valence-electron chi connectivity index (χ4n) is 1.29. The van der Waals surface area contributed by atoms with Crippen LogP contribution in [-0.4, -0.2) is 31.9 Å². The number of carboxylic acid groups (broad SMARTS) is 1. The zero-order valence-corrected chi connectivity index (χ0v) is 10.6. The summed E-state index contributed by atoms with van der Waals surface area (Å²) in [6, 6.07) is 3.72. The van der Waals surface area contributed by atoms with Crippen molar-refractivity contribution >= 4 is 15.8 Å². The number of sulfone groups is 1. The van der Waals surface area contributed by atoms with E-state index in [-0.39, 0.29) is 16.2 Å². The number of carboxylic acids is 1. The van der Waals surface area contributed by atoms with Crippen LogP contribution in [0, 0.1) is 0 Å². The number of hydrogen-bond acceptors (Lipinski definition) is 4. The Hall–Kier alpha value is -1.56. The van der Waals surface area contributed by atoms with Gasteiger partial charge in [0, 0.05) is 0 Å². The molecule has 0 saturated heterocycles. The highest BCUT2D eigenvalue weighted by molar-refractivity contribution is 7.92. The number of benzene rings is 1. The summed E-state index contributed by atoms with van der Waals surface area (Å²) in [5.41, 5.74) is -0.00967. The molecule has 0 aliphatic rings. The van der Waals surface area contributed by atoms with Gasteiger partial charge >= 0.3 is 5.97 Å². The lowest BCUT2D eigenvalue weighted by molar-refractivity contribution is 0.0696. The summed E-state index contributed by atoms with van der Waals surface area (Å²) in [6.07, 6.45) is 0. The zero-order chi connectivity index (χ0) is 13.2. The predicted octanol–water partition coefficient (Wildman–Crippen LogP) is 1.58. The van der Waals surface area contributed by atoms with Gasteiger partial charge in [-0.05, 0) is 32.0 Å². The lowest BCUT2D eigenvalue weighted by Gasteiger charge is -2.12. The summed E-state index contributed by atoms with van der Waals surface area (Å²) in [7, 11) is -2.17. The van der Waals surface area contributed by atoms with Gasteiger partial charge < -0.3 is 9.84 Å². The second-order valence-corrected chi connectivity index (χ2v) is 6.24. The van der Waals surface area contributed by atoms with E-state index >= 15 is 0 Å². The molecule has 5 nitrogen and oxygen atoms in total. The first kappa shape index (κ1) is 13.5. The van der Waals surface area contributed by atoms with Crippen LogP contribution in [0.25, 0.3) is 0 Å². The van der Waals surface area contributed by atoms with Crippen LogP contribution in [0.5, 0.6) is 5.75 Å². The minimum Gasteiger partial charge on any atom is -0.495 e. The van der Waals surface area contributed by atoms with E-state index in [4.69, 9.17) is 9.84 Å². The molecular formula is C11H14O5S. The number of carbonyl (C=O) groups is 1. The highest BCUT2D eigenvalue weighted by atomic mass is 32.2. The molecule has 1 N–H and O–H groups in total. The molecule has 0 aliphatic carbocycles. The normalized spacial score (nSPS) is 11.5. The van der Waals surface area contributed by atoms with Crippen LogP contribution in [-0.2, 0) is 9.84 Å². The molecule has 1 aromatic rings. The van der Waals surface area contributed by atoms with E-state index in [0.717, 1.165) is 0 Å². The second kappa shape index (κ2) is 4.75. The quantitative estimate of drug-likeness (QED) is 0.886. The first-order chi connectivity index (χ1) is 7.80. The van der Waals surface area contributed by atoms with Gasteiger partial charge in [0.1, 0.15) is 10.6 Å². The van der Waals surface area contributed by atoms with Crippen molar-refractivity contribution in [3.05, 3.63) is 23.8 Å². The van der Waals surface area contributed by atoms with E-state index in [0.29, 0.717) is 0 Å². The molecule has 6 heteroatoms.